The lowest BCUT2D eigenvalue weighted by atomic mass is 10.0. The first-order valence-corrected chi connectivity index (χ1v) is 11.1. The minimum atomic E-state index is -0.354. The highest BCUT2D eigenvalue weighted by Gasteiger charge is 2.31. The number of amides is 2. The zero-order valence-corrected chi connectivity index (χ0v) is 17.8. The maximum atomic E-state index is 12.9. The SMILES string of the molecule is CCCC(NC(=O)C(C)Sc1nnc(C2CC2)n1CCC(N)=O)c1ccccc1. The van der Waals surface area contributed by atoms with E-state index in [1.807, 2.05) is 41.8 Å². The molecule has 1 saturated carbocycles. The van der Waals surface area contributed by atoms with Gasteiger partial charge in [0, 0.05) is 18.9 Å². The van der Waals surface area contributed by atoms with Crippen LogP contribution in [0.4, 0.5) is 0 Å². The lowest BCUT2D eigenvalue weighted by molar-refractivity contribution is -0.121. The lowest BCUT2D eigenvalue weighted by Gasteiger charge is -2.21. The number of nitrogens with two attached hydrogens (primary N) is 1. The smallest absolute Gasteiger partial charge is 0.233 e. The summed E-state index contributed by atoms with van der Waals surface area (Å²) in [4.78, 5) is 24.1. The van der Waals surface area contributed by atoms with Crippen molar-refractivity contribution in [2.45, 2.75) is 74.9 Å². The van der Waals surface area contributed by atoms with Crippen LogP contribution in [-0.4, -0.2) is 31.8 Å². The van der Waals surface area contributed by atoms with Crippen molar-refractivity contribution in [3.8, 4) is 0 Å². The molecular formula is C21H29N5O2S. The molecule has 1 heterocycles. The van der Waals surface area contributed by atoms with Crippen LogP contribution in [0.15, 0.2) is 35.5 Å². The van der Waals surface area contributed by atoms with Gasteiger partial charge in [-0.25, -0.2) is 0 Å². The van der Waals surface area contributed by atoms with Crippen LogP contribution in [0.5, 0.6) is 0 Å². The molecule has 1 fully saturated rings. The van der Waals surface area contributed by atoms with Gasteiger partial charge >= 0.3 is 0 Å². The molecule has 0 saturated heterocycles. The number of primary amides is 1. The van der Waals surface area contributed by atoms with E-state index in [2.05, 4.69) is 22.4 Å². The Bertz CT molecular complexity index is 835. The van der Waals surface area contributed by atoms with Gasteiger partial charge in [0.2, 0.25) is 11.8 Å². The number of benzene rings is 1. The van der Waals surface area contributed by atoms with E-state index >= 15 is 0 Å². The number of aromatic nitrogens is 3. The minimum absolute atomic E-state index is 0.00786. The highest BCUT2D eigenvalue weighted by Crippen LogP contribution is 2.40. The van der Waals surface area contributed by atoms with E-state index in [4.69, 9.17) is 5.73 Å². The Morgan fingerprint density at radius 2 is 2.00 bits per heavy atom. The summed E-state index contributed by atoms with van der Waals surface area (Å²) < 4.78 is 1.96. The predicted octanol–water partition coefficient (Wildman–Crippen LogP) is 3.17. The molecular weight excluding hydrogens is 386 g/mol. The van der Waals surface area contributed by atoms with Gasteiger partial charge in [-0.1, -0.05) is 55.4 Å². The van der Waals surface area contributed by atoms with E-state index in [0.29, 0.717) is 17.6 Å². The van der Waals surface area contributed by atoms with E-state index in [1.165, 1.54) is 11.8 Å². The summed E-state index contributed by atoms with van der Waals surface area (Å²) >= 11 is 1.38. The van der Waals surface area contributed by atoms with Gasteiger partial charge in [-0.3, -0.25) is 9.59 Å². The van der Waals surface area contributed by atoms with Crippen molar-refractivity contribution in [3.05, 3.63) is 41.7 Å². The predicted molar refractivity (Wildman–Crippen MR) is 113 cm³/mol. The van der Waals surface area contributed by atoms with Crippen LogP contribution in [0.2, 0.25) is 0 Å². The van der Waals surface area contributed by atoms with Crippen LogP contribution in [0.25, 0.3) is 0 Å². The number of nitrogens with zero attached hydrogens (tertiary/aromatic N) is 3. The molecule has 0 radical (unpaired) electrons. The number of nitrogens with one attached hydrogen (secondary N) is 1. The molecule has 0 bridgehead atoms. The Morgan fingerprint density at radius 3 is 2.62 bits per heavy atom. The molecule has 3 rings (SSSR count). The third-order valence-electron chi connectivity index (χ3n) is 5.02. The molecule has 1 aliphatic carbocycles. The van der Waals surface area contributed by atoms with Crippen molar-refractivity contribution < 1.29 is 9.59 Å². The topological polar surface area (TPSA) is 103 Å². The van der Waals surface area contributed by atoms with E-state index in [0.717, 1.165) is 37.1 Å². The van der Waals surface area contributed by atoms with Gasteiger partial charge in [0.25, 0.3) is 0 Å². The van der Waals surface area contributed by atoms with Gasteiger partial charge < -0.3 is 15.6 Å². The largest absolute Gasteiger partial charge is 0.370 e. The van der Waals surface area contributed by atoms with Crippen LogP contribution in [0.3, 0.4) is 0 Å². The normalized spacial score (nSPS) is 15.7. The standard InChI is InChI=1S/C21H29N5O2S/c1-3-7-17(15-8-5-4-6-9-15)23-20(28)14(2)29-21-25-24-19(16-10-11-16)26(21)13-12-18(22)27/h4-6,8-9,14,16-17H,3,7,10-13H2,1-2H3,(H2,22,27)(H,23,28). The van der Waals surface area contributed by atoms with E-state index in [-0.39, 0.29) is 29.5 Å². The summed E-state index contributed by atoms with van der Waals surface area (Å²) in [7, 11) is 0. The fourth-order valence-corrected chi connectivity index (χ4v) is 4.15. The Labute approximate surface area is 175 Å². The number of thioether (sulfide) groups is 1. The molecule has 3 N–H and O–H groups in total. The number of carbonyl (C=O) groups is 2. The maximum Gasteiger partial charge on any atom is 0.233 e. The van der Waals surface area contributed by atoms with Crippen LogP contribution < -0.4 is 11.1 Å². The molecule has 29 heavy (non-hydrogen) atoms. The van der Waals surface area contributed by atoms with Crippen molar-refractivity contribution in [2.24, 2.45) is 5.73 Å². The first-order valence-electron chi connectivity index (χ1n) is 10.2. The summed E-state index contributed by atoms with van der Waals surface area (Å²) in [5.74, 6) is 0.914. The van der Waals surface area contributed by atoms with E-state index in [1.54, 1.807) is 0 Å². The molecule has 1 aromatic carbocycles. The van der Waals surface area contributed by atoms with Gasteiger partial charge in [-0.2, -0.15) is 0 Å². The number of carbonyl (C=O) groups excluding carboxylic acids is 2. The van der Waals surface area contributed by atoms with Gasteiger partial charge in [0.15, 0.2) is 5.16 Å². The number of hydrogen-bond acceptors (Lipinski definition) is 5. The summed E-state index contributed by atoms with van der Waals surface area (Å²) in [5.41, 5.74) is 6.44. The molecule has 7 nitrogen and oxygen atoms in total. The Kier molecular flexibility index (Phi) is 7.30. The van der Waals surface area contributed by atoms with Crippen LogP contribution >= 0.6 is 11.8 Å². The third kappa shape index (κ3) is 5.82. The first-order chi connectivity index (χ1) is 14.0. The van der Waals surface area contributed by atoms with Gasteiger partial charge in [0.1, 0.15) is 5.82 Å². The minimum Gasteiger partial charge on any atom is -0.370 e. The molecule has 8 heteroatoms. The van der Waals surface area contributed by atoms with Crippen molar-refractivity contribution in [3.63, 3.8) is 0 Å². The first kappa shape index (κ1) is 21.4. The molecule has 1 aliphatic rings. The maximum absolute atomic E-state index is 12.9. The van der Waals surface area contributed by atoms with Gasteiger partial charge in [0.05, 0.1) is 11.3 Å². The molecule has 156 valence electrons. The molecule has 0 aliphatic heterocycles. The molecule has 2 amide bonds. The Morgan fingerprint density at radius 1 is 1.28 bits per heavy atom. The van der Waals surface area contributed by atoms with Crippen LogP contribution in [0, 0.1) is 0 Å². The zero-order chi connectivity index (χ0) is 20.8. The summed E-state index contributed by atoms with van der Waals surface area (Å²) in [6.45, 7) is 4.44. The summed E-state index contributed by atoms with van der Waals surface area (Å²) in [6, 6.07) is 10.0. The molecule has 1 aromatic heterocycles. The number of rotatable bonds is 11. The summed E-state index contributed by atoms with van der Waals surface area (Å²) in [6.07, 6.45) is 4.27. The fourth-order valence-electron chi connectivity index (χ4n) is 3.26. The molecule has 0 spiro atoms. The summed E-state index contributed by atoms with van der Waals surface area (Å²) in [5, 5.41) is 12.1. The highest BCUT2D eigenvalue weighted by atomic mass is 32.2. The van der Waals surface area contributed by atoms with Crippen LogP contribution in [0.1, 0.15) is 69.3 Å². The Hall–Kier alpha value is -2.35. The lowest BCUT2D eigenvalue weighted by Crippen LogP contribution is -2.34. The zero-order valence-electron chi connectivity index (χ0n) is 17.0. The van der Waals surface area contributed by atoms with E-state index < -0.39 is 0 Å². The quantitative estimate of drug-likeness (QED) is 0.549. The van der Waals surface area contributed by atoms with Gasteiger partial charge in [-0.15, -0.1) is 10.2 Å². The third-order valence-corrected chi connectivity index (χ3v) is 6.10. The molecule has 2 unspecified atom stereocenters. The molecule has 2 atom stereocenters. The average molecular weight is 416 g/mol. The average Bonchev–Trinajstić information content (AvgIpc) is 3.48. The Balaban J connectivity index is 1.68. The van der Waals surface area contributed by atoms with Crippen molar-refractivity contribution in [1.29, 1.82) is 0 Å². The second-order valence-corrected chi connectivity index (χ2v) is 8.81. The van der Waals surface area contributed by atoms with Crippen molar-refractivity contribution in [1.82, 2.24) is 20.1 Å². The monoisotopic (exact) mass is 415 g/mol. The van der Waals surface area contributed by atoms with Crippen LogP contribution in [-0.2, 0) is 16.1 Å². The number of hydrogen-bond donors (Lipinski definition) is 2. The fraction of sp³-hybridized carbons (Fsp3) is 0.524. The second kappa shape index (κ2) is 9.91. The highest BCUT2D eigenvalue weighted by molar-refractivity contribution is 8.00. The van der Waals surface area contributed by atoms with E-state index in [9.17, 15) is 9.59 Å². The molecule has 2 aromatic rings. The second-order valence-electron chi connectivity index (χ2n) is 7.50. The van der Waals surface area contributed by atoms with Gasteiger partial charge in [-0.05, 0) is 31.7 Å². The van der Waals surface area contributed by atoms with Crippen molar-refractivity contribution in [2.75, 3.05) is 0 Å². The van der Waals surface area contributed by atoms with Crippen molar-refractivity contribution >= 4 is 23.6 Å².